The molecule has 1 aromatic heterocycles. The van der Waals surface area contributed by atoms with Gasteiger partial charge in [0.15, 0.2) is 5.96 Å². The second kappa shape index (κ2) is 12.4. The highest BCUT2D eigenvalue weighted by Gasteiger charge is 2.23. The van der Waals surface area contributed by atoms with E-state index in [1.165, 1.54) is 12.8 Å². The summed E-state index contributed by atoms with van der Waals surface area (Å²) in [6, 6.07) is 12.2. The SMILES string of the molecule is CN=C(NCc1ccn(-c2ccccc2)n1)N1CCC(OCC2CCCCO2)CC1.I. The summed E-state index contributed by atoms with van der Waals surface area (Å²) in [4.78, 5) is 6.78. The highest BCUT2D eigenvalue weighted by Crippen LogP contribution is 2.18. The van der Waals surface area contributed by atoms with Crippen LogP contribution in [0.25, 0.3) is 5.69 Å². The van der Waals surface area contributed by atoms with Gasteiger partial charge in [0.05, 0.1) is 36.7 Å². The lowest BCUT2D eigenvalue weighted by atomic mass is 10.1. The molecule has 2 saturated heterocycles. The Balaban J connectivity index is 0.00000272. The predicted octanol–water partition coefficient (Wildman–Crippen LogP) is 3.62. The number of nitrogens with one attached hydrogen (secondary N) is 1. The zero-order valence-corrected chi connectivity index (χ0v) is 20.6. The summed E-state index contributed by atoms with van der Waals surface area (Å²) in [6.07, 6.45) is 8.24. The van der Waals surface area contributed by atoms with E-state index >= 15 is 0 Å². The fourth-order valence-electron chi connectivity index (χ4n) is 4.10. The van der Waals surface area contributed by atoms with Gasteiger partial charge in [0, 0.05) is 32.9 Å². The predicted molar refractivity (Wildman–Crippen MR) is 133 cm³/mol. The molecule has 1 unspecified atom stereocenters. The molecule has 0 amide bonds. The first-order valence-electron chi connectivity index (χ1n) is 11.1. The van der Waals surface area contributed by atoms with Crippen LogP contribution in [0.1, 0.15) is 37.8 Å². The Bertz CT molecular complexity index is 799. The third kappa shape index (κ3) is 6.92. The quantitative estimate of drug-likeness (QED) is 0.345. The molecule has 31 heavy (non-hydrogen) atoms. The molecular formula is C23H34IN5O2. The van der Waals surface area contributed by atoms with Crippen molar-refractivity contribution in [1.29, 1.82) is 0 Å². The van der Waals surface area contributed by atoms with Crippen molar-refractivity contribution >= 4 is 29.9 Å². The van der Waals surface area contributed by atoms with E-state index in [0.717, 1.165) is 62.9 Å². The molecule has 170 valence electrons. The van der Waals surface area contributed by atoms with E-state index in [-0.39, 0.29) is 24.0 Å². The number of hydrogen-bond acceptors (Lipinski definition) is 4. The fraction of sp³-hybridized carbons (Fsp3) is 0.565. The number of benzene rings is 1. The molecule has 7 nitrogen and oxygen atoms in total. The lowest BCUT2D eigenvalue weighted by molar-refractivity contribution is -0.0721. The molecule has 0 saturated carbocycles. The molecule has 1 N–H and O–H groups in total. The van der Waals surface area contributed by atoms with Crippen molar-refractivity contribution < 1.29 is 9.47 Å². The smallest absolute Gasteiger partial charge is 0.193 e. The number of halogens is 1. The second-order valence-corrected chi connectivity index (χ2v) is 8.00. The Labute approximate surface area is 202 Å². The van der Waals surface area contributed by atoms with Gasteiger partial charge in [-0.05, 0) is 50.3 Å². The average Bonchev–Trinajstić information content (AvgIpc) is 3.29. The first-order valence-corrected chi connectivity index (χ1v) is 11.1. The van der Waals surface area contributed by atoms with E-state index in [9.17, 15) is 0 Å². The maximum Gasteiger partial charge on any atom is 0.193 e. The van der Waals surface area contributed by atoms with Crippen LogP contribution >= 0.6 is 24.0 Å². The third-order valence-electron chi connectivity index (χ3n) is 5.84. The van der Waals surface area contributed by atoms with Crippen LogP contribution in [0.15, 0.2) is 47.6 Å². The number of para-hydroxylation sites is 1. The van der Waals surface area contributed by atoms with Crippen molar-refractivity contribution in [3.8, 4) is 5.69 Å². The maximum absolute atomic E-state index is 6.13. The number of aliphatic imine (C=N–C) groups is 1. The number of nitrogens with zero attached hydrogens (tertiary/aromatic N) is 4. The molecule has 0 spiro atoms. The molecule has 1 atom stereocenters. The highest BCUT2D eigenvalue weighted by atomic mass is 127. The minimum Gasteiger partial charge on any atom is -0.376 e. The molecule has 2 aliphatic rings. The summed E-state index contributed by atoms with van der Waals surface area (Å²) < 4.78 is 13.8. The van der Waals surface area contributed by atoms with Crippen LogP contribution in [0.2, 0.25) is 0 Å². The molecule has 3 heterocycles. The van der Waals surface area contributed by atoms with E-state index in [4.69, 9.17) is 9.47 Å². The second-order valence-electron chi connectivity index (χ2n) is 8.00. The minimum absolute atomic E-state index is 0. The maximum atomic E-state index is 6.13. The van der Waals surface area contributed by atoms with E-state index in [0.29, 0.717) is 18.8 Å². The Kier molecular flexibility index (Phi) is 9.60. The van der Waals surface area contributed by atoms with Crippen LogP contribution < -0.4 is 5.32 Å². The number of hydrogen-bond donors (Lipinski definition) is 1. The number of ether oxygens (including phenoxy) is 2. The number of likely N-dealkylation sites (tertiary alicyclic amines) is 1. The molecule has 0 aliphatic carbocycles. The van der Waals surface area contributed by atoms with Crippen LogP contribution in [0.4, 0.5) is 0 Å². The molecule has 8 heteroatoms. The summed E-state index contributed by atoms with van der Waals surface area (Å²) in [5, 5.41) is 8.12. The van der Waals surface area contributed by atoms with Gasteiger partial charge in [0.1, 0.15) is 0 Å². The van der Waals surface area contributed by atoms with Gasteiger partial charge in [-0.2, -0.15) is 5.10 Å². The van der Waals surface area contributed by atoms with E-state index in [1.54, 1.807) is 0 Å². The molecule has 0 radical (unpaired) electrons. The molecule has 2 aliphatic heterocycles. The average molecular weight is 539 g/mol. The Hall–Kier alpha value is -1.65. The van der Waals surface area contributed by atoms with Crippen LogP contribution in [-0.2, 0) is 16.0 Å². The fourth-order valence-corrected chi connectivity index (χ4v) is 4.10. The molecular weight excluding hydrogens is 505 g/mol. The van der Waals surface area contributed by atoms with Gasteiger partial charge in [-0.3, -0.25) is 4.99 Å². The first-order chi connectivity index (χ1) is 14.8. The number of rotatable bonds is 6. The van der Waals surface area contributed by atoms with Gasteiger partial charge < -0.3 is 19.7 Å². The van der Waals surface area contributed by atoms with Crippen LogP contribution in [0, 0.1) is 0 Å². The Morgan fingerprint density at radius 1 is 1.16 bits per heavy atom. The van der Waals surface area contributed by atoms with Crippen molar-refractivity contribution in [2.75, 3.05) is 33.4 Å². The molecule has 1 aromatic carbocycles. The summed E-state index contributed by atoms with van der Waals surface area (Å²) in [7, 11) is 1.84. The van der Waals surface area contributed by atoms with Gasteiger partial charge in [0.25, 0.3) is 0 Å². The standard InChI is InChI=1S/C23H33N5O2.HI/c1-24-23(25-17-19-10-15-28(26-19)20-7-3-2-4-8-20)27-13-11-21(12-14-27)30-18-22-9-5-6-16-29-22;/h2-4,7-8,10,15,21-22H,5-6,9,11-14,16-18H2,1H3,(H,24,25);1H. The van der Waals surface area contributed by atoms with Crippen LogP contribution in [0.3, 0.4) is 0 Å². The van der Waals surface area contributed by atoms with Crippen molar-refractivity contribution in [1.82, 2.24) is 20.0 Å². The number of guanidine groups is 1. The topological polar surface area (TPSA) is 63.9 Å². The van der Waals surface area contributed by atoms with Crippen molar-refractivity contribution in [3.05, 3.63) is 48.3 Å². The van der Waals surface area contributed by atoms with Gasteiger partial charge in [-0.25, -0.2) is 4.68 Å². The van der Waals surface area contributed by atoms with Crippen molar-refractivity contribution in [2.24, 2.45) is 4.99 Å². The van der Waals surface area contributed by atoms with E-state index in [2.05, 4.69) is 32.4 Å². The normalized spacial score (nSPS) is 20.4. The van der Waals surface area contributed by atoms with Gasteiger partial charge in [-0.15, -0.1) is 24.0 Å². The Morgan fingerprint density at radius 3 is 2.68 bits per heavy atom. The van der Waals surface area contributed by atoms with Gasteiger partial charge in [0.2, 0.25) is 0 Å². The van der Waals surface area contributed by atoms with Crippen LogP contribution in [-0.4, -0.2) is 66.2 Å². The first kappa shape index (κ1) is 24.0. The number of piperidine rings is 1. The summed E-state index contributed by atoms with van der Waals surface area (Å²) in [6.45, 7) is 4.18. The summed E-state index contributed by atoms with van der Waals surface area (Å²) >= 11 is 0. The van der Waals surface area contributed by atoms with Crippen LogP contribution in [0.5, 0.6) is 0 Å². The lowest BCUT2D eigenvalue weighted by Gasteiger charge is -2.35. The lowest BCUT2D eigenvalue weighted by Crippen LogP contribution is -2.47. The molecule has 4 rings (SSSR count). The third-order valence-corrected chi connectivity index (χ3v) is 5.84. The largest absolute Gasteiger partial charge is 0.376 e. The molecule has 2 aromatic rings. The van der Waals surface area contributed by atoms with Crippen molar-refractivity contribution in [2.45, 2.75) is 50.9 Å². The zero-order chi connectivity index (χ0) is 20.6. The molecule has 0 bridgehead atoms. The molecule has 2 fully saturated rings. The number of aromatic nitrogens is 2. The Morgan fingerprint density at radius 2 is 1.97 bits per heavy atom. The zero-order valence-electron chi connectivity index (χ0n) is 18.3. The minimum atomic E-state index is 0. The summed E-state index contributed by atoms with van der Waals surface area (Å²) in [5.74, 6) is 0.929. The van der Waals surface area contributed by atoms with E-state index in [1.807, 2.05) is 42.2 Å². The monoisotopic (exact) mass is 539 g/mol. The van der Waals surface area contributed by atoms with Gasteiger partial charge >= 0.3 is 0 Å². The highest BCUT2D eigenvalue weighted by molar-refractivity contribution is 14.0. The van der Waals surface area contributed by atoms with Gasteiger partial charge in [-0.1, -0.05) is 18.2 Å². The van der Waals surface area contributed by atoms with E-state index < -0.39 is 0 Å². The summed E-state index contributed by atoms with van der Waals surface area (Å²) in [5.41, 5.74) is 2.06. The van der Waals surface area contributed by atoms with Crippen molar-refractivity contribution in [3.63, 3.8) is 0 Å².